The summed E-state index contributed by atoms with van der Waals surface area (Å²) in [7, 11) is 4.10. The first-order valence-electron chi connectivity index (χ1n) is 7.02. The highest BCUT2D eigenvalue weighted by Gasteiger charge is 2.19. The molecule has 2 aromatic rings. The number of aliphatic imine (C=N–C) groups is 1. The van der Waals surface area contributed by atoms with Gasteiger partial charge in [-0.05, 0) is 23.8 Å². The molecule has 0 radical (unpaired) electrons. The minimum absolute atomic E-state index is 0.260. The number of thioether (sulfide) groups is 1. The van der Waals surface area contributed by atoms with Crippen molar-refractivity contribution in [3.8, 4) is 0 Å². The lowest BCUT2D eigenvalue weighted by Crippen LogP contribution is -2.10. The second-order valence-corrected chi connectivity index (χ2v) is 6.25. The van der Waals surface area contributed by atoms with E-state index in [4.69, 9.17) is 4.99 Å². The van der Waals surface area contributed by atoms with Crippen molar-refractivity contribution in [3.05, 3.63) is 60.2 Å². The molecule has 0 spiro atoms. The summed E-state index contributed by atoms with van der Waals surface area (Å²) in [6, 6.07) is 19.1. The minimum atomic E-state index is 0.260. The molecule has 108 valence electrons. The first kappa shape index (κ1) is 14.0. The van der Waals surface area contributed by atoms with Crippen molar-refractivity contribution in [1.82, 2.24) is 0 Å². The van der Waals surface area contributed by atoms with Gasteiger partial charge in [-0.15, -0.1) is 0 Å². The van der Waals surface area contributed by atoms with Crippen LogP contribution in [-0.2, 0) is 0 Å². The van der Waals surface area contributed by atoms with E-state index in [-0.39, 0.29) is 6.04 Å². The zero-order valence-electron chi connectivity index (χ0n) is 12.3. The molecule has 21 heavy (non-hydrogen) atoms. The summed E-state index contributed by atoms with van der Waals surface area (Å²) in [4.78, 5) is 6.88. The van der Waals surface area contributed by atoms with Crippen LogP contribution in [0.5, 0.6) is 0 Å². The molecule has 0 aromatic heterocycles. The number of hydrogen-bond acceptors (Lipinski definition) is 4. The quantitative estimate of drug-likeness (QED) is 0.927. The molecule has 2 aromatic carbocycles. The van der Waals surface area contributed by atoms with E-state index in [1.54, 1.807) is 11.8 Å². The van der Waals surface area contributed by atoms with Gasteiger partial charge in [0, 0.05) is 31.2 Å². The van der Waals surface area contributed by atoms with Gasteiger partial charge in [-0.25, -0.2) is 0 Å². The molecule has 0 fully saturated rings. The lowest BCUT2D eigenvalue weighted by Gasteiger charge is -2.14. The Labute approximate surface area is 130 Å². The van der Waals surface area contributed by atoms with E-state index >= 15 is 0 Å². The maximum Gasteiger partial charge on any atom is 0.161 e. The second kappa shape index (κ2) is 6.22. The first-order chi connectivity index (χ1) is 10.2. The van der Waals surface area contributed by atoms with Crippen molar-refractivity contribution < 1.29 is 0 Å². The van der Waals surface area contributed by atoms with Crippen molar-refractivity contribution in [3.63, 3.8) is 0 Å². The van der Waals surface area contributed by atoms with Gasteiger partial charge in [-0.2, -0.15) is 0 Å². The highest BCUT2D eigenvalue weighted by molar-refractivity contribution is 8.14. The third-order valence-electron chi connectivity index (χ3n) is 3.45. The number of anilines is 2. The van der Waals surface area contributed by atoms with Crippen LogP contribution in [0.3, 0.4) is 0 Å². The normalized spacial score (nSPS) is 17.4. The fourth-order valence-electron chi connectivity index (χ4n) is 2.27. The Morgan fingerprint density at radius 1 is 1.10 bits per heavy atom. The number of hydrogen-bond donors (Lipinski definition) is 1. The summed E-state index contributed by atoms with van der Waals surface area (Å²) in [6.45, 7) is 0. The average molecular weight is 297 g/mol. The van der Waals surface area contributed by atoms with Crippen molar-refractivity contribution in [2.75, 3.05) is 30.1 Å². The number of amidine groups is 1. The lowest BCUT2D eigenvalue weighted by molar-refractivity contribution is 0.849. The second-order valence-electron chi connectivity index (χ2n) is 5.24. The molecule has 0 aliphatic carbocycles. The van der Waals surface area contributed by atoms with Crippen LogP contribution in [0, 0.1) is 0 Å². The summed E-state index contributed by atoms with van der Waals surface area (Å²) in [6.07, 6.45) is 0. The van der Waals surface area contributed by atoms with Gasteiger partial charge >= 0.3 is 0 Å². The van der Waals surface area contributed by atoms with Crippen LogP contribution >= 0.6 is 11.8 Å². The van der Waals surface area contributed by atoms with E-state index in [1.807, 2.05) is 20.2 Å². The van der Waals surface area contributed by atoms with Crippen molar-refractivity contribution in [2.45, 2.75) is 6.04 Å². The first-order valence-corrected chi connectivity index (χ1v) is 8.01. The van der Waals surface area contributed by atoms with Crippen LogP contribution in [0.15, 0.2) is 59.6 Å². The Hall–Kier alpha value is -1.94. The van der Waals surface area contributed by atoms with Gasteiger partial charge in [0.1, 0.15) is 0 Å². The molecule has 4 heteroatoms. The van der Waals surface area contributed by atoms with Gasteiger partial charge in [0.15, 0.2) is 5.17 Å². The van der Waals surface area contributed by atoms with Crippen LogP contribution in [0.1, 0.15) is 11.6 Å². The molecule has 0 amide bonds. The molecular weight excluding hydrogens is 278 g/mol. The van der Waals surface area contributed by atoms with E-state index in [1.165, 1.54) is 11.3 Å². The molecule has 1 atom stereocenters. The summed E-state index contributed by atoms with van der Waals surface area (Å²) in [5.41, 5.74) is 3.55. The molecule has 1 heterocycles. The van der Waals surface area contributed by atoms with Crippen LogP contribution in [0.4, 0.5) is 11.4 Å². The van der Waals surface area contributed by atoms with Crippen LogP contribution in [0.25, 0.3) is 0 Å². The maximum atomic E-state index is 4.78. The van der Waals surface area contributed by atoms with Gasteiger partial charge in [0.05, 0.1) is 6.04 Å². The van der Waals surface area contributed by atoms with Gasteiger partial charge in [-0.3, -0.25) is 4.99 Å². The van der Waals surface area contributed by atoms with Crippen molar-refractivity contribution in [2.24, 2.45) is 4.99 Å². The summed E-state index contributed by atoms with van der Waals surface area (Å²) in [5.74, 6) is 1.000. The third-order valence-corrected chi connectivity index (χ3v) is 4.41. The largest absolute Gasteiger partial charge is 0.378 e. The zero-order chi connectivity index (χ0) is 14.7. The standard InChI is InChI=1S/C17H19N3S/c1-20(2)15-10-6-9-14(11-15)18-17-19-16(12-21-17)13-7-4-3-5-8-13/h3-11,16H,12H2,1-2H3,(H,18,19). The maximum absolute atomic E-state index is 4.78. The Balaban J connectivity index is 1.73. The molecule has 1 N–H and O–H groups in total. The molecule has 0 saturated heterocycles. The number of rotatable bonds is 3. The average Bonchev–Trinajstić information content (AvgIpc) is 2.97. The fourth-order valence-corrected chi connectivity index (χ4v) is 3.25. The molecule has 3 nitrogen and oxygen atoms in total. The fraction of sp³-hybridized carbons (Fsp3) is 0.235. The molecule has 1 aliphatic heterocycles. The topological polar surface area (TPSA) is 27.6 Å². The number of nitrogens with one attached hydrogen (secondary N) is 1. The van der Waals surface area contributed by atoms with E-state index in [9.17, 15) is 0 Å². The highest BCUT2D eigenvalue weighted by Crippen LogP contribution is 2.31. The predicted octanol–water partition coefficient (Wildman–Crippen LogP) is 4.01. The third kappa shape index (κ3) is 3.39. The Morgan fingerprint density at radius 3 is 2.67 bits per heavy atom. The predicted molar refractivity (Wildman–Crippen MR) is 93.5 cm³/mol. The van der Waals surface area contributed by atoms with Gasteiger partial charge < -0.3 is 10.2 Å². The van der Waals surface area contributed by atoms with Gasteiger partial charge in [0.2, 0.25) is 0 Å². The van der Waals surface area contributed by atoms with Crippen molar-refractivity contribution in [1.29, 1.82) is 0 Å². The van der Waals surface area contributed by atoms with Crippen LogP contribution in [-0.4, -0.2) is 25.0 Å². The van der Waals surface area contributed by atoms with E-state index in [0.29, 0.717) is 0 Å². The minimum Gasteiger partial charge on any atom is -0.378 e. The SMILES string of the molecule is CN(C)c1cccc(NC2=NC(c3ccccc3)CS2)c1. The molecule has 0 saturated carbocycles. The molecule has 0 bridgehead atoms. The van der Waals surface area contributed by atoms with Gasteiger partial charge in [-0.1, -0.05) is 48.2 Å². The Kier molecular flexibility index (Phi) is 4.15. The van der Waals surface area contributed by atoms with Gasteiger partial charge in [0.25, 0.3) is 0 Å². The lowest BCUT2D eigenvalue weighted by atomic mass is 10.1. The number of nitrogens with zero attached hydrogens (tertiary/aromatic N) is 2. The summed E-state index contributed by atoms with van der Waals surface area (Å²) >= 11 is 1.78. The Bertz CT molecular complexity index is 637. The van der Waals surface area contributed by atoms with E-state index < -0.39 is 0 Å². The monoisotopic (exact) mass is 297 g/mol. The zero-order valence-corrected chi connectivity index (χ0v) is 13.1. The summed E-state index contributed by atoms with van der Waals surface area (Å²) < 4.78 is 0. The van der Waals surface area contributed by atoms with Crippen molar-refractivity contribution >= 4 is 28.3 Å². The van der Waals surface area contributed by atoms with Crippen LogP contribution < -0.4 is 10.2 Å². The molecule has 1 unspecified atom stereocenters. The summed E-state index contributed by atoms with van der Waals surface area (Å²) in [5, 5.41) is 4.42. The molecular formula is C17H19N3S. The van der Waals surface area contributed by atoms with Crippen LogP contribution in [0.2, 0.25) is 0 Å². The molecule has 3 rings (SSSR count). The smallest absolute Gasteiger partial charge is 0.161 e. The highest BCUT2D eigenvalue weighted by atomic mass is 32.2. The number of benzene rings is 2. The van der Waals surface area contributed by atoms with E-state index in [2.05, 4.69) is 58.7 Å². The van der Waals surface area contributed by atoms with E-state index in [0.717, 1.165) is 16.6 Å². The molecule has 1 aliphatic rings. The Morgan fingerprint density at radius 2 is 1.90 bits per heavy atom.